The fourth-order valence-corrected chi connectivity index (χ4v) is 1.82. The first-order valence-electron chi connectivity index (χ1n) is 6.21. The van der Waals surface area contributed by atoms with E-state index in [1.807, 2.05) is 0 Å². The zero-order valence-electron chi connectivity index (χ0n) is 11.1. The Bertz CT molecular complexity index is 270. The van der Waals surface area contributed by atoms with Crippen LogP contribution in [0.4, 0.5) is 0 Å². The summed E-state index contributed by atoms with van der Waals surface area (Å²) < 4.78 is 14.9. The summed E-state index contributed by atoms with van der Waals surface area (Å²) >= 11 is 0. The van der Waals surface area contributed by atoms with Crippen LogP contribution >= 0.6 is 7.82 Å². The smallest absolute Gasteiger partial charge is 0.303 e. The molecule has 0 aliphatic carbocycles. The van der Waals surface area contributed by atoms with E-state index in [0.29, 0.717) is 12.3 Å². The van der Waals surface area contributed by atoms with Crippen molar-refractivity contribution in [3.63, 3.8) is 0 Å². The summed E-state index contributed by atoms with van der Waals surface area (Å²) in [6.45, 7) is 6.50. The van der Waals surface area contributed by atoms with E-state index in [-0.39, 0.29) is 6.61 Å². The maximum atomic E-state index is 10.4. The molecule has 0 saturated heterocycles. The van der Waals surface area contributed by atoms with Gasteiger partial charge in [0, 0.05) is 0 Å². The normalized spacial score (nSPS) is 15.0. The standard InChI is InChI=1S/C12H25O4P/c1-4-11(2)7-5-6-8-12(3)9-10-16-17(13,14)15/h7,12H,4-6,8-10H2,1-3H3,(H2,13,14,15). The molecule has 0 heterocycles. The predicted octanol–water partition coefficient (Wildman–Crippen LogP) is 3.65. The largest absolute Gasteiger partial charge is 0.469 e. The molecule has 0 rings (SSSR count). The minimum absolute atomic E-state index is 0.134. The van der Waals surface area contributed by atoms with Gasteiger partial charge in [0.2, 0.25) is 0 Å². The Morgan fingerprint density at radius 3 is 2.59 bits per heavy atom. The molecule has 4 nitrogen and oxygen atoms in total. The fraction of sp³-hybridized carbons (Fsp3) is 0.833. The van der Waals surface area contributed by atoms with Gasteiger partial charge in [-0.15, -0.1) is 0 Å². The summed E-state index contributed by atoms with van der Waals surface area (Å²) in [4.78, 5) is 17.0. The molecule has 0 aliphatic heterocycles. The lowest BCUT2D eigenvalue weighted by Crippen LogP contribution is -2.01. The Balaban J connectivity index is 3.54. The molecule has 0 saturated carbocycles. The second-order valence-corrected chi connectivity index (χ2v) is 5.79. The van der Waals surface area contributed by atoms with E-state index in [4.69, 9.17) is 9.79 Å². The fourth-order valence-electron chi connectivity index (χ4n) is 1.48. The molecule has 0 radical (unpaired) electrons. The third-order valence-electron chi connectivity index (χ3n) is 2.82. The Kier molecular flexibility index (Phi) is 8.79. The van der Waals surface area contributed by atoms with Gasteiger partial charge < -0.3 is 9.79 Å². The molecule has 0 spiro atoms. The molecule has 102 valence electrons. The molecule has 1 unspecified atom stereocenters. The van der Waals surface area contributed by atoms with Gasteiger partial charge in [-0.2, -0.15) is 0 Å². The van der Waals surface area contributed by atoms with Crippen molar-refractivity contribution in [2.24, 2.45) is 5.92 Å². The Morgan fingerprint density at radius 1 is 1.41 bits per heavy atom. The van der Waals surface area contributed by atoms with Crippen LogP contribution in [-0.4, -0.2) is 16.4 Å². The third-order valence-corrected chi connectivity index (χ3v) is 3.34. The molecule has 1 atom stereocenters. The SMILES string of the molecule is CCC(C)=CCCCC(C)CCOP(=O)(O)O. The predicted molar refractivity (Wildman–Crippen MR) is 69.7 cm³/mol. The minimum Gasteiger partial charge on any atom is -0.303 e. The maximum absolute atomic E-state index is 10.4. The zero-order valence-corrected chi connectivity index (χ0v) is 11.9. The average Bonchev–Trinajstić information content (AvgIpc) is 2.22. The van der Waals surface area contributed by atoms with E-state index in [1.165, 1.54) is 5.57 Å². The Labute approximate surface area is 104 Å². The van der Waals surface area contributed by atoms with Gasteiger partial charge in [-0.1, -0.05) is 31.9 Å². The van der Waals surface area contributed by atoms with E-state index in [2.05, 4.69) is 31.4 Å². The maximum Gasteiger partial charge on any atom is 0.469 e. The number of phosphoric ester groups is 1. The van der Waals surface area contributed by atoms with Crippen LogP contribution in [0.3, 0.4) is 0 Å². The molecule has 0 aliphatic rings. The molecular weight excluding hydrogens is 239 g/mol. The van der Waals surface area contributed by atoms with Crippen molar-refractivity contribution in [1.82, 2.24) is 0 Å². The Morgan fingerprint density at radius 2 is 2.06 bits per heavy atom. The topological polar surface area (TPSA) is 66.8 Å². The summed E-state index contributed by atoms with van der Waals surface area (Å²) in [5.41, 5.74) is 1.42. The molecule has 0 aromatic carbocycles. The molecule has 0 bridgehead atoms. The van der Waals surface area contributed by atoms with E-state index in [1.54, 1.807) is 0 Å². The lowest BCUT2D eigenvalue weighted by Gasteiger charge is -2.11. The van der Waals surface area contributed by atoms with E-state index in [0.717, 1.165) is 25.7 Å². The van der Waals surface area contributed by atoms with Crippen molar-refractivity contribution < 1.29 is 18.9 Å². The van der Waals surface area contributed by atoms with Crippen LogP contribution in [0.15, 0.2) is 11.6 Å². The first-order valence-corrected chi connectivity index (χ1v) is 7.74. The molecular formula is C12H25O4P. The highest BCUT2D eigenvalue weighted by molar-refractivity contribution is 7.46. The first-order chi connectivity index (χ1) is 7.85. The number of phosphoric acid groups is 1. The Hall–Kier alpha value is -0.150. The van der Waals surface area contributed by atoms with Gasteiger partial charge in [0.15, 0.2) is 0 Å². The van der Waals surface area contributed by atoms with Crippen LogP contribution in [0.1, 0.15) is 52.9 Å². The van der Waals surface area contributed by atoms with Gasteiger partial charge in [0.05, 0.1) is 6.61 Å². The summed E-state index contributed by atoms with van der Waals surface area (Å²) in [5, 5.41) is 0. The lowest BCUT2D eigenvalue weighted by molar-refractivity contribution is 0.184. The molecule has 17 heavy (non-hydrogen) atoms. The second-order valence-electron chi connectivity index (χ2n) is 4.55. The van der Waals surface area contributed by atoms with Crippen molar-refractivity contribution in [2.75, 3.05) is 6.61 Å². The highest BCUT2D eigenvalue weighted by Crippen LogP contribution is 2.36. The van der Waals surface area contributed by atoms with Gasteiger partial charge in [0.25, 0.3) is 0 Å². The summed E-state index contributed by atoms with van der Waals surface area (Å²) in [6.07, 6.45) is 7.34. The number of allylic oxidation sites excluding steroid dienone is 2. The van der Waals surface area contributed by atoms with Crippen LogP contribution in [-0.2, 0) is 9.09 Å². The summed E-state index contributed by atoms with van der Waals surface area (Å²) in [7, 11) is -4.28. The van der Waals surface area contributed by atoms with Gasteiger partial charge in [-0.3, -0.25) is 4.52 Å². The molecule has 5 heteroatoms. The van der Waals surface area contributed by atoms with Crippen LogP contribution in [0.2, 0.25) is 0 Å². The van der Waals surface area contributed by atoms with Crippen LogP contribution < -0.4 is 0 Å². The molecule has 0 amide bonds. The van der Waals surface area contributed by atoms with Gasteiger partial charge in [-0.25, -0.2) is 4.57 Å². The van der Waals surface area contributed by atoms with Gasteiger partial charge in [-0.05, 0) is 38.5 Å². The highest BCUT2D eigenvalue weighted by Gasteiger charge is 2.13. The van der Waals surface area contributed by atoms with Crippen molar-refractivity contribution in [3.8, 4) is 0 Å². The molecule has 0 aromatic rings. The quantitative estimate of drug-likeness (QED) is 0.379. The molecule has 0 aromatic heterocycles. The van der Waals surface area contributed by atoms with E-state index in [9.17, 15) is 4.57 Å². The van der Waals surface area contributed by atoms with Crippen LogP contribution in [0.25, 0.3) is 0 Å². The molecule has 2 N–H and O–H groups in total. The zero-order chi connectivity index (χ0) is 13.3. The molecule has 0 fully saturated rings. The second kappa shape index (κ2) is 8.87. The number of unbranched alkanes of at least 4 members (excludes halogenated alkanes) is 1. The van der Waals surface area contributed by atoms with E-state index >= 15 is 0 Å². The first kappa shape index (κ1) is 16.9. The number of hydrogen-bond acceptors (Lipinski definition) is 2. The third kappa shape index (κ3) is 12.1. The summed E-state index contributed by atoms with van der Waals surface area (Å²) in [5.74, 6) is 0.442. The van der Waals surface area contributed by atoms with E-state index < -0.39 is 7.82 Å². The van der Waals surface area contributed by atoms with Gasteiger partial charge in [0.1, 0.15) is 0 Å². The highest BCUT2D eigenvalue weighted by atomic mass is 31.2. The average molecular weight is 264 g/mol. The van der Waals surface area contributed by atoms with Crippen molar-refractivity contribution in [3.05, 3.63) is 11.6 Å². The monoisotopic (exact) mass is 264 g/mol. The van der Waals surface area contributed by atoms with Crippen molar-refractivity contribution in [1.29, 1.82) is 0 Å². The number of rotatable bonds is 9. The van der Waals surface area contributed by atoms with Crippen molar-refractivity contribution >= 4 is 7.82 Å². The minimum atomic E-state index is -4.28. The number of hydrogen-bond donors (Lipinski definition) is 2. The van der Waals surface area contributed by atoms with Gasteiger partial charge >= 0.3 is 7.82 Å². The van der Waals surface area contributed by atoms with Crippen LogP contribution in [0.5, 0.6) is 0 Å². The summed E-state index contributed by atoms with van der Waals surface area (Å²) in [6, 6.07) is 0. The van der Waals surface area contributed by atoms with Crippen molar-refractivity contribution in [2.45, 2.75) is 52.9 Å². The lowest BCUT2D eigenvalue weighted by atomic mass is 10.0. The van der Waals surface area contributed by atoms with Crippen LogP contribution in [0, 0.1) is 5.92 Å².